The minimum atomic E-state index is 0.459. The molecule has 98 valence electrons. The van der Waals surface area contributed by atoms with E-state index in [0.29, 0.717) is 5.78 Å². The molecule has 0 rings (SSSR count). The van der Waals surface area contributed by atoms with Gasteiger partial charge in [0.2, 0.25) is 0 Å². The highest BCUT2D eigenvalue weighted by molar-refractivity contribution is 5.78. The Labute approximate surface area is 107 Å². The van der Waals surface area contributed by atoms with Crippen molar-refractivity contribution in [2.75, 3.05) is 0 Å². The summed E-state index contributed by atoms with van der Waals surface area (Å²) < 4.78 is 0. The number of rotatable bonds is 12. The highest BCUT2D eigenvalue weighted by Crippen LogP contribution is 2.09. The predicted molar refractivity (Wildman–Crippen MR) is 76.2 cm³/mol. The van der Waals surface area contributed by atoms with Gasteiger partial charge in [0.25, 0.3) is 0 Å². The van der Waals surface area contributed by atoms with Gasteiger partial charge in [0.1, 0.15) is 5.78 Å². The Bertz CT molecular complexity index is 216. The van der Waals surface area contributed by atoms with Crippen LogP contribution >= 0.6 is 0 Å². The van der Waals surface area contributed by atoms with Gasteiger partial charge in [-0.3, -0.25) is 4.79 Å². The van der Waals surface area contributed by atoms with E-state index in [1.54, 1.807) is 0 Å². The summed E-state index contributed by atoms with van der Waals surface area (Å²) in [5, 5.41) is 0. The Balaban J connectivity index is 3.15. The smallest absolute Gasteiger partial charge is 0.132 e. The molecule has 0 radical (unpaired) electrons. The molecule has 0 bridgehead atoms. The summed E-state index contributed by atoms with van der Waals surface area (Å²) in [6.45, 7) is 5.77. The Morgan fingerprint density at radius 1 is 1.00 bits per heavy atom. The van der Waals surface area contributed by atoms with E-state index in [-0.39, 0.29) is 0 Å². The monoisotopic (exact) mass is 236 g/mol. The van der Waals surface area contributed by atoms with E-state index in [9.17, 15) is 4.79 Å². The second kappa shape index (κ2) is 13.2. The van der Waals surface area contributed by atoms with E-state index in [2.05, 4.69) is 19.6 Å². The van der Waals surface area contributed by atoms with Gasteiger partial charge in [-0.05, 0) is 25.7 Å². The summed E-state index contributed by atoms with van der Waals surface area (Å²) in [4.78, 5) is 11.4. The number of ketones is 1. The van der Waals surface area contributed by atoms with E-state index >= 15 is 0 Å². The second-order valence-electron chi connectivity index (χ2n) is 4.61. The Hall–Kier alpha value is -0.850. The van der Waals surface area contributed by atoms with Crippen LogP contribution in [0, 0.1) is 0 Å². The molecule has 17 heavy (non-hydrogen) atoms. The molecule has 0 saturated heterocycles. The molecule has 0 aliphatic rings. The van der Waals surface area contributed by atoms with Crippen molar-refractivity contribution >= 4 is 5.78 Å². The van der Waals surface area contributed by atoms with Gasteiger partial charge >= 0.3 is 0 Å². The maximum Gasteiger partial charge on any atom is 0.132 e. The van der Waals surface area contributed by atoms with Crippen LogP contribution in [0.1, 0.15) is 71.1 Å². The van der Waals surface area contributed by atoms with E-state index in [4.69, 9.17) is 0 Å². The van der Waals surface area contributed by atoms with Crippen LogP contribution in [0.3, 0.4) is 0 Å². The van der Waals surface area contributed by atoms with Gasteiger partial charge in [0.15, 0.2) is 0 Å². The maximum absolute atomic E-state index is 11.4. The standard InChI is InChI=1S/C16H28O/c1-3-5-7-8-9-10-11-12-13-15-16(17)14-6-4-2/h3,5,7H,1,4,6,8-15H2,2H3/b7-5-. The fraction of sp³-hybridized carbons (Fsp3) is 0.688. The minimum Gasteiger partial charge on any atom is -0.300 e. The number of allylic oxidation sites excluding steroid dienone is 3. The number of hydrogen-bond acceptors (Lipinski definition) is 1. The van der Waals surface area contributed by atoms with Crippen LogP contribution in [0.25, 0.3) is 0 Å². The largest absolute Gasteiger partial charge is 0.300 e. The van der Waals surface area contributed by atoms with E-state index < -0.39 is 0 Å². The first kappa shape index (κ1) is 16.1. The van der Waals surface area contributed by atoms with Crippen molar-refractivity contribution in [2.24, 2.45) is 0 Å². The summed E-state index contributed by atoms with van der Waals surface area (Å²) >= 11 is 0. The lowest BCUT2D eigenvalue weighted by Crippen LogP contribution is -1.96. The van der Waals surface area contributed by atoms with E-state index in [0.717, 1.165) is 38.5 Å². The zero-order valence-corrected chi connectivity index (χ0v) is 11.4. The molecule has 1 nitrogen and oxygen atoms in total. The molecule has 0 atom stereocenters. The van der Waals surface area contributed by atoms with E-state index in [1.807, 2.05) is 12.2 Å². The zero-order valence-electron chi connectivity index (χ0n) is 11.4. The van der Waals surface area contributed by atoms with Gasteiger partial charge in [0.05, 0.1) is 0 Å². The minimum absolute atomic E-state index is 0.459. The Kier molecular flexibility index (Phi) is 12.6. The molecule has 1 heteroatoms. The number of carbonyl (C=O) groups excluding carboxylic acids is 1. The molecule has 0 aliphatic heterocycles. The van der Waals surface area contributed by atoms with Crippen LogP contribution in [0.5, 0.6) is 0 Å². The summed E-state index contributed by atoms with van der Waals surface area (Å²) in [6, 6.07) is 0. The summed E-state index contributed by atoms with van der Waals surface area (Å²) in [7, 11) is 0. The zero-order chi connectivity index (χ0) is 12.8. The molecule has 0 aromatic rings. The first-order valence-corrected chi connectivity index (χ1v) is 7.10. The summed E-state index contributed by atoms with van der Waals surface area (Å²) in [5.41, 5.74) is 0. The Morgan fingerprint density at radius 3 is 2.35 bits per heavy atom. The van der Waals surface area contributed by atoms with Crippen LogP contribution in [-0.2, 0) is 4.79 Å². The van der Waals surface area contributed by atoms with Crippen molar-refractivity contribution in [2.45, 2.75) is 71.1 Å². The van der Waals surface area contributed by atoms with Crippen LogP contribution < -0.4 is 0 Å². The molecule has 0 heterocycles. The fourth-order valence-corrected chi connectivity index (χ4v) is 1.81. The van der Waals surface area contributed by atoms with Crippen molar-refractivity contribution in [3.8, 4) is 0 Å². The highest BCUT2D eigenvalue weighted by atomic mass is 16.1. The molecular formula is C16H28O. The number of unbranched alkanes of at least 4 members (excludes halogenated alkanes) is 6. The molecule has 0 amide bonds. The average molecular weight is 236 g/mol. The lowest BCUT2D eigenvalue weighted by atomic mass is 10.0. The van der Waals surface area contributed by atoms with Crippen molar-refractivity contribution in [3.05, 3.63) is 24.8 Å². The number of carbonyl (C=O) groups is 1. The van der Waals surface area contributed by atoms with Crippen LogP contribution in [0.4, 0.5) is 0 Å². The molecule has 0 unspecified atom stereocenters. The lowest BCUT2D eigenvalue weighted by molar-refractivity contribution is -0.119. The molecule has 0 saturated carbocycles. The molecule has 0 N–H and O–H groups in total. The van der Waals surface area contributed by atoms with E-state index in [1.165, 1.54) is 25.7 Å². The van der Waals surface area contributed by atoms with Gasteiger partial charge in [-0.2, -0.15) is 0 Å². The van der Waals surface area contributed by atoms with Crippen molar-refractivity contribution in [1.29, 1.82) is 0 Å². The third kappa shape index (κ3) is 13.1. The SMILES string of the molecule is C=C/C=C\CCCCCCCC(=O)CCCC. The lowest BCUT2D eigenvalue weighted by Gasteiger charge is -2.00. The summed E-state index contributed by atoms with van der Waals surface area (Å²) in [5.74, 6) is 0.459. The maximum atomic E-state index is 11.4. The van der Waals surface area contributed by atoms with Gasteiger partial charge in [-0.1, -0.05) is 57.4 Å². The van der Waals surface area contributed by atoms with Gasteiger partial charge in [0, 0.05) is 12.8 Å². The molecule has 0 spiro atoms. The number of hydrogen-bond donors (Lipinski definition) is 0. The van der Waals surface area contributed by atoms with Gasteiger partial charge in [-0.15, -0.1) is 0 Å². The first-order chi connectivity index (χ1) is 8.31. The predicted octanol–water partition coefficient (Wildman–Crippen LogP) is 5.22. The first-order valence-electron chi connectivity index (χ1n) is 7.10. The van der Waals surface area contributed by atoms with Crippen LogP contribution in [-0.4, -0.2) is 5.78 Å². The quantitative estimate of drug-likeness (QED) is 0.335. The number of Topliss-reactive ketones (excluding diaryl/α,β-unsaturated/α-hetero) is 1. The molecule has 0 fully saturated rings. The highest BCUT2D eigenvalue weighted by Gasteiger charge is 2.00. The topological polar surface area (TPSA) is 17.1 Å². The fourth-order valence-electron chi connectivity index (χ4n) is 1.81. The Morgan fingerprint density at radius 2 is 1.65 bits per heavy atom. The van der Waals surface area contributed by atoms with Gasteiger partial charge in [-0.25, -0.2) is 0 Å². The third-order valence-electron chi connectivity index (χ3n) is 2.91. The van der Waals surface area contributed by atoms with Crippen LogP contribution in [0.15, 0.2) is 24.8 Å². The molecular weight excluding hydrogens is 208 g/mol. The van der Waals surface area contributed by atoms with Crippen LogP contribution in [0.2, 0.25) is 0 Å². The second-order valence-corrected chi connectivity index (χ2v) is 4.61. The van der Waals surface area contributed by atoms with Crippen molar-refractivity contribution in [3.63, 3.8) is 0 Å². The normalized spacial score (nSPS) is 10.9. The molecule has 0 aromatic carbocycles. The van der Waals surface area contributed by atoms with Crippen molar-refractivity contribution < 1.29 is 4.79 Å². The third-order valence-corrected chi connectivity index (χ3v) is 2.91. The molecule has 0 aliphatic carbocycles. The van der Waals surface area contributed by atoms with Gasteiger partial charge < -0.3 is 0 Å². The van der Waals surface area contributed by atoms with Crippen molar-refractivity contribution in [1.82, 2.24) is 0 Å². The average Bonchev–Trinajstić information content (AvgIpc) is 2.34. The summed E-state index contributed by atoms with van der Waals surface area (Å²) in [6.07, 6.45) is 17.0. The molecule has 0 aromatic heterocycles.